The van der Waals surface area contributed by atoms with E-state index in [9.17, 15) is 0 Å². The Morgan fingerprint density at radius 2 is 2.00 bits per heavy atom. The summed E-state index contributed by atoms with van der Waals surface area (Å²) in [6.07, 6.45) is 5.53. The van der Waals surface area contributed by atoms with Gasteiger partial charge in [-0.2, -0.15) is 5.10 Å². The SMILES string of the molecule is COc1c(CNCC2CCC(C)CC2)c(C)nn1C. The van der Waals surface area contributed by atoms with Gasteiger partial charge in [-0.3, -0.25) is 0 Å². The summed E-state index contributed by atoms with van der Waals surface area (Å²) >= 11 is 0. The van der Waals surface area contributed by atoms with E-state index in [2.05, 4.69) is 17.3 Å². The molecule has 108 valence electrons. The highest BCUT2D eigenvalue weighted by Crippen LogP contribution is 2.28. The van der Waals surface area contributed by atoms with Gasteiger partial charge in [-0.25, -0.2) is 4.68 Å². The molecule has 4 heteroatoms. The van der Waals surface area contributed by atoms with Gasteiger partial charge in [-0.15, -0.1) is 0 Å². The minimum Gasteiger partial charge on any atom is -0.481 e. The summed E-state index contributed by atoms with van der Waals surface area (Å²) in [6.45, 7) is 6.38. The summed E-state index contributed by atoms with van der Waals surface area (Å²) in [5.41, 5.74) is 2.25. The Kier molecular flexibility index (Phi) is 4.86. The van der Waals surface area contributed by atoms with E-state index in [0.717, 1.165) is 36.5 Å². The largest absolute Gasteiger partial charge is 0.481 e. The van der Waals surface area contributed by atoms with Crippen LogP contribution in [0.25, 0.3) is 0 Å². The molecule has 1 aromatic heterocycles. The smallest absolute Gasteiger partial charge is 0.216 e. The normalized spacial score (nSPS) is 23.6. The van der Waals surface area contributed by atoms with E-state index < -0.39 is 0 Å². The zero-order valence-corrected chi connectivity index (χ0v) is 12.7. The number of methoxy groups -OCH3 is 1. The zero-order chi connectivity index (χ0) is 13.8. The van der Waals surface area contributed by atoms with Crippen LogP contribution in [0.3, 0.4) is 0 Å². The fraction of sp³-hybridized carbons (Fsp3) is 0.800. The van der Waals surface area contributed by atoms with Crippen LogP contribution >= 0.6 is 0 Å². The van der Waals surface area contributed by atoms with Crippen molar-refractivity contribution in [2.75, 3.05) is 13.7 Å². The third-order valence-electron chi connectivity index (χ3n) is 4.35. The Labute approximate surface area is 116 Å². The zero-order valence-electron chi connectivity index (χ0n) is 12.7. The molecular formula is C15H27N3O. The van der Waals surface area contributed by atoms with Crippen molar-refractivity contribution < 1.29 is 4.74 Å². The first-order valence-corrected chi connectivity index (χ1v) is 7.39. The summed E-state index contributed by atoms with van der Waals surface area (Å²) in [7, 11) is 3.64. The molecule has 0 atom stereocenters. The minimum atomic E-state index is 0.846. The molecule has 0 aromatic carbocycles. The van der Waals surface area contributed by atoms with Crippen molar-refractivity contribution in [2.24, 2.45) is 18.9 Å². The molecule has 19 heavy (non-hydrogen) atoms. The fourth-order valence-electron chi connectivity index (χ4n) is 3.07. The molecular weight excluding hydrogens is 238 g/mol. The Balaban J connectivity index is 1.82. The van der Waals surface area contributed by atoms with Crippen molar-refractivity contribution in [2.45, 2.75) is 46.1 Å². The molecule has 1 heterocycles. The van der Waals surface area contributed by atoms with Crippen molar-refractivity contribution in [3.05, 3.63) is 11.3 Å². The average molecular weight is 265 g/mol. The lowest BCUT2D eigenvalue weighted by Gasteiger charge is -2.26. The van der Waals surface area contributed by atoms with Crippen LogP contribution in [0.2, 0.25) is 0 Å². The maximum atomic E-state index is 5.41. The molecule has 1 saturated carbocycles. The van der Waals surface area contributed by atoms with E-state index in [4.69, 9.17) is 4.74 Å². The highest BCUT2D eigenvalue weighted by molar-refractivity contribution is 5.30. The van der Waals surface area contributed by atoms with Gasteiger partial charge in [0.2, 0.25) is 5.88 Å². The van der Waals surface area contributed by atoms with Crippen LogP contribution in [0.15, 0.2) is 0 Å². The Hall–Kier alpha value is -1.03. The van der Waals surface area contributed by atoms with Gasteiger partial charge in [0.15, 0.2) is 0 Å². The van der Waals surface area contributed by atoms with Crippen molar-refractivity contribution in [1.82, 2.24) is 15.1 Å². The Bertz CT molecular complexity index is 406. The summed E-state index contributed by atoms with van der Waals surface area (Å²) in [6, 6.07) is 0. The quantitative estimate of drug-likeness (QED) is 0.889. The second-order valence-electron chi connectivity index (χ2n) is 5.95. The van der Waals surface area contributed by atoms with Crippen LogP contribution in [-0.4, -0.2) is 23.4 Å². The van der Waals surface area contributed by atoms with Gasteiger partial charge in [-0.05, 0) is 38.1 Å². The van der Waals surface area contributed by atoms with Gasteiger partial charge < -0.3 is 10.1 Å². The van der Waals surface area contributed by atoms with Crippen molar-refractivity contribution >= 4 is 0 Å². The van der Waals surface area contributed by atoms with Crippen molar-refractivity contribution in [1.29, 1.82) is 0 Å². The molecule has 1 aliphatic carbocycles. The Morgan fingerprint density at radius 1 is 1.32 bits per heavy atom. The number of aromatic nitrogens is 2. The van der Waals surface area contributed by atoms with Crippen LogP contribution in [-0.2, 0) is 13.6 Å². The van der Waals surface area contributed by atoms with Gasteiger partial charge in [0.25, 0.3) is 0 Å². The molecule has 4 nitrogen and oxygen atoms in total. The number of nitrogens with zero attached hydrogens (tertiary/aromatic N) is 2. The van der Waals surface area contributed by atoms with E-state index in [0.29, 0.717) is 0 Å². The Morgan fingerprint density at radius 3 is 2.63 bits per heavy atom. The first kappa shape index (κ1) is 14.4. The molecule has 0 unspecified atom stereocenters. The maximum Gasteiger partial charge on any atom is 0.216 e. The van der Waals surface area contributed by atoms with E-state index in [1.807, 2.05) is 18.7 Å². The summed E-state index contributed by atoms with van der Waals surface area (Å²) in [4.78, 5) is 0. The van der Waals surface area contributed by atoms with Gasteiger partial charge in [0, 0.05) is 13.6 Å². The number of rotatable bonds is 5. The van der Waals surface area contributed by atoms with Crippen LogP contribution < -0.4 is 10.1 Å². The highest BCUT2D eigenvalue weighted by Gasteiger charge is 2.18. The molecule has 1 aliphatic rings. The minimum absolute atomic E-state index is 0.846. The van der Waals surface area contributed by atoms with E-state index in [1.165, 1.54) is 31.2 Å². The standard InChI is InChI=1S/C15H27N3O/c1-11-5-7-13(8-6-11)9-16-10-14-12(2)17-18(3)15(14)19-4/h11,13,16H,5-10H2,1-4H3. The van der Waals surface area contributed by atoms with Gasteiger partial charge in [0.05, 0.1) is 18.4 Å². The lowest BCUT2D eigenvalue weighted by Crippen LogP contribution is -2.26. The van der Waals surface area contributed by atoms with Crippen LogP contribution in [0.1, 0.15) is 43.9 Å². The number of nitrogens with one attached hydrogen (secondary N) is 1. The third kappa shape index (κ3) is 3.50. The molecule has 0 aliphatic heterocycles. The van der Waals surface area contributed by atoms with Gasteiger partial charge in [0.1, 0.15) is 0 Å². The second-order valence-corrected chi connectivity index (χ2v) is 5.95. The molecule has 0 radical (unpaired) electrons. The predicted octanol–water partition coefficient (Wildman–Crippen LogP) is 2.65. The maximum absolute atomic E-state index is 5.41. The van der Waals surface area contributed by atoms with E-state index in [1.54, 1.807) is 7.11 Å². The number of hydrogen-bond donors (Lipinski definition) is 1. The third-order valence-corrected chi connectivity index (χ3v) is 4.35. The summed E-state index contributed by atoms with van der Waals surface area (Å²) < 4.78 is 7.23. The first-order valence-electron chi connectivity index (χ1n) is 7.39. The first-order chi connectivity index (χ1) is 9.11. The number of aryl methyl sites for hydroxylation is 2. The van der Waals surface area contributed by atoms with Crippen LogP contribution in [0.5, 0.6) is 5.88 Å². The second kappa shape index (κ2) is 6.42. The number of hydrogen-bond acceptors (Lipinski definition) is 3. The molecule has 1 N–H and O–H groups in total. The molecule has 0 saturated heterocycles. The van der Waals surface area contributed by atoms with Gasteiger partial charge in [-0.1, -0.05) is 19.8 Å². The topological polar surface area (TPSA) is 39.1 Å². The van der Waals surface area contributed by atoms with Crippen molar-refractivity contribution in [3.63, 3.8) is 0 Å². The molecule has 2 rings (SSSR count). The van der Waals surface area contributed by atoms with Crippen molar-refractivity contribution in [3.8, 4) is 5.88 Å². The summed E-state index contributed by atoms with van der Waals surface area (Å²) in [5.74, 6) is 2.65. The van der Waals surface area contributed by atoms with E-state index in [-0.39, 0.29) is 0 Å². The molecule has 0 bridgehead atoms. The molecule has 1 aromatic rings. The number of ether oxygens (including phenoxy) is 1. The lowest BCUT2D eigenvalue weighted by atomic mass is 9.83. The highest BCUT2D eigenvalue weighted by atomic mass is 16.5. The molecule has 0 amide bonds. The fourth-order valence-corrected chi connectivity index (χ4v) is 3.07. The lowest BCUT2D eigenvalue weighted by molar-refractivity contribution is 0.281. The monoisotopic (exact) mass is 265 g/mol. The van der Waals surface area contributed by atoms with E-state index >= 15 is 0 Å². The summed E-state index contributed by atoms with van der Waals surface area (Å²) in [5, 5.41) is 7.99. The van der Waals surface area contributed by atoms with Crippen LogP contribution in [0, 0.1) is 18.8 Å². The molecule has 1 fully saturated rings. The van der Waals surface area contributed by atoms with Gasteiger partial charge >= 0.3 is 0 Å². The molecule has 0 spiro atoms. The average Bonchev–Trinajstić information content (AvgIpc) is 2.66. The predicted molar refractivity (Wildman–Crippen MR) is 77.3 cm³/mol. The van der Waals surface area contributed by atoms with Crippen LogP contribution in [0.4, 0.5) is 0 Å².